The number of hydrazine groups is 1. The van der Waals surface area contributed by atoms with Gasteiger partial charge in [0.1, 0.15) is 0 Å². The summed E-state index contributed by atoms with van der Waals surface area (Å²) in [5, 5.41) is 5.74. The molecule has 0 aromatic carbocycles. The number of rotatable bonds is 3. The highest BCUT2D eigenvalue weighted by molar-refractivity contribution is 5.74. The molecule has 1 saturated heterocycles. The third-order valence-electron chi connectivity index (χ3n) is 3.07. The molecule has 0 saturated carbocycles. The van der Waals surface area contributed by atoms with Crippen molar-refractivity contribution in [1.82, 2.24) is 26.5 Å². The molecule has 1 aromatic rings. The summed E-state index contributed by atoms with van der Waals surface area (Å²) in [7, 11) is 0. The Bertz CT molecular complexity index is 387. The zero-order valence-electron chi connectivity index (χ0n) is 10.6. The highest BCUT2D eigenvalue weighted by Gasteiger charge is 2.30. The van der Waals surface area contributed by atoms with Crippen molar-refractivity contribution in [1.29, 1.82) is 0 Å². The highest BCUT2D eigenvalue weighted by atomic mass is 16.2. The third-order valence-corrected chi connectivity index (χ3v) is 3.07. The second-order valence-corrected chi connectivity index (χ2v) is 4.54. The minimum atomic E-state index is -0.171. The lowest BCUT2D eigenvalue weighted by Gasteiger charge is -2.19. The van der Waals surface area contributed by atoms with Crippen LogP contribution in [0.5, 0.6) is 0 Å². The lowest BCUT2D eigenvalue weighted by atomic mass is 10.1. The maximum atomic E-state index is 11.8. The Morgan fingerprint density at radius 3 is 2.67 bits per heavy atom. The van der Waals surface area contributed by atoms with Crippen LogP contribution in [0.1, 0.15) is 19.5 Å². The van der Waals surface area contributed by atoms with Gasteiger partial charge in [-0.15, -0.1) is 0 Å². The number of hydrogen-bond acceptors (Lipinski definition) is 4. The Kier molecular flexibility index (Phi) is 4.11. The molecule has 1 fully saturated rings. The van der Waals surface area contributed by atoms with Gasteiger partial charge in [0.15, 0.2) is 0 Å². The van der Waals surface area contributed by atoms with E-state index in [0.29, 0.717) is 6.54 Å². The van der Waals surface area contributed by atoms with Gasteiger partial charge in [0.2, 0.25) is 0 Å². The van der Waals surface area contributed by atoms with E-state index in [2.05, 4.69) is 26.5 Å². The van der Waals surface area contributed by atoms with E-state index >= 15 is 0 Å². The van der Waals surface area contributed by atoms with Gasteiger partial charge in [-0.25, -0.2) is 4.79 Å². The van der Waals surface area contributed by atoms with Crippen LogP contribution in [0.2, 0.25) is 0 Å². The molecule has 6 nitrogen and oxygen atoms in total. The SMILES string of the molecule is CC1NNC(C)C1NC(=O)NCc1ccccn1. The summed E-state index contributed by atoms with van der Waals surface area (Å²) in [6.07, 6.45) is 1.71. The van der Waals surface area contributed by atoms with E-state index in [1.807, 2.05) is 32.0 Å². The Morgan fingerprint density at radius 1 is 1.33 bits per heavy atom. The summed E-state index contributed by atoms with van der Waals surface area (Å²) in [6, 6.07) is 5.95. The van der Waals surface area contributed by atoms with Crippen LogP contribution in [-0.2, 0) is 6.54 Å². The molecule has 6 heteroatoms. The van der Waals surface area contributed by atoms with E-state index in [4.69, 9.17) is 0 Å². The third kappa shape index (κ3) is 3.18. The second kappa shape index (κ2) is 5.79. The standard InChI is InChI=1S/C12H19N5O/c1-8-11(9(2)17-16-8)15-12(18)14-7-10-5-3-4-6-13-10/h3-6,8-9,11,16-17H,7H2,1-2H3,(H2,14,15,18). The number of amides is 2. The molecule has 0 aliphatic carbocycles. The molecule has 98 valence electrons. The molecule has 1 aromatic heterocycles. The molecule has 2 atom stereocenters. The molecule has 0 radical (unpaired) electrons. The zero-order valence-corrected chi connectivity index (χ0v) is 10.6. The molecule has 2 unspecified atom stereocenters. The van der Waals surface area contributed by atoms with Crippen molar-refractivity contribution in [3.8, 4) is 0 Å². The zero-order chi connectivity index (χ0) is 13.0. The van der Waals surface area contributed by atoms with Gasteiger partial charge in [-0.3, -0.25) is 15.8 Å². The first-order valence-electron chi connectivity index (χ1n) is 6.12. The summed E-state index contributed by atoms with van der Waals surface area (Å²) >= 11 is 0. The van der Waals surface area contributed by atoms with Crippen molar-refractivity contribution in [2.45, 2.75) is 38.5 Å². The average molecular weight is 249 g/mol. The van der Waals surface area contributed by atoms with Crippen molar-refractivity contribution in [2.75, 3.05) is 0 Å². The topological polar surface area (TPSA) is 78.1 Å². The smallest absolute Gasteiger partial charge is 0.315 e. The van der Waals surface area contributed by atoms with E-state index < -0.39 is 0 Å². The summed E-state index contributed by atoms with van der Waals surface area (Å²) < 4.78 is 0. The molecule has 1 aliphatic heterocycles. The maximum Gasteiger partial charge on any atom is 0.315 e. The number of pyridine rings is 1. The van der Waals surface area contributed by atoms with Gasteiger partial charge in [-0.05, 0) is 26.0 Å². The predicted molar refractivity (Wildman–Crippen MR) is 68.6 cm³/mol. The van der Waals surface area contributed by atoms with Crippen LogP contribution in [0.15, 0.2) is 24.4 Å². The molecule has 2 amide bonds. The lowest BCUT2D eigenvalue weighted by molar-refractivity contribution is 0.234. The monoisotopic (exact) mass is 249 g/mol. The molecule has 4 N–H and O–H groups in total. The lowest BCUT2D eigenvalue weighted by Crippen LogP contribution is -2.50. The molecular formula is C12H19N5O. The van der Waals surface area contributed by atoms with Crippen molar-refractivity contribution >= 4 is 6.03 Å². The number of nitrogens with one attached hydrogen (secondary N) is 4. The molecule has 18 heavy (non-hydrogen) atoms. The summed E-state index contributed by atoms with van der Waals surface area (Å²) in [6.45, 7) is 4.49. The van der Waals surface area contributed by atoms with E-state index in [1.54, 1.807) is 6.20 Å². The Balaban J connectivity index is 1.79. The molecule has 2 heterocycles. The van der Waals surface area contributed by atoms with E-state index in [-0.39, 0.29) is 24.2 Å². The normalized spacial score (nSPS) is 26.9. The molecule has 0 bridgehead atoms. The average Bonchev–Trinajstić information content (AvgIpc) is 2.69. The van der Waals surface area contributed by atoms with Crippen molar-refractivity contribution < 1.29 is 4.79 Å². The fourth-order valence-electron chi connectivity index (χ4n) is 2.00. The summed E-state index contributed by atoms with van der Waals surface area (Å²) in [5.74, 6) is 0. The van der Waals surface area contributed by atoms with E-state index in [0.717, 1.165) is 5.69 Å². The summed E-state index contributed by atoms with van der Waals surface area (Å²) in [4.78, 5) is 15.9. The van der Waals surface area contributed by atoms with E-state index in [9.17, 15) is 4.79 Å². The molecule has 2 rings (SSSR count). The van der Waals surface area contributed by atoms with Gasteiger partial charge in [0.05, 0.1) is 18.3 Å². The van der Waals surface area contributed by atoms with Gasteiger partial charge in [-0.2, -0.15) is 0 Å². The van der Waals surface area contributed by atoms with Crippen LogP contribution in [0, 0.1) is 0 Å². The van der Waals surface area contributed by atoms with Crippen LogP contribution >= 0.6 is 0 Å². The number of urea groups is 1. The fourth-order valence-corrected chi connectivity index (χ4v) is 2.00. The Morgan fingerprint density at radius 2 is 2.06 bits per heavy atom. The largest absolute Gasteiger partial charge is 0.333 e. The van der Waals surface area contributed by atoms with Crippen molar-refractivity contribution in [3.05, 3.63) is 30.1 Å². The van der Waals surface area contributed by atoms with Crippen LogP contribution in [0.25, 0.3) is 0 Å². The number of hydrogen-bond donors (Lipinski definition) is 4. The Labute approximate surface area is 107 Å². The van der Waals surface area contributed by atoms with Crippen LogP contribution < -0.4 is 21.5 Å². The van der Waals surface area contributed by atoms with Gasteiger partial charge in [0, 0.05) is 18.3 Å². The molecule has 1 aliphatic rings. The van der Waals surface area contributed by atoms with Gasteiger partial charge >= 0.3 is 6.03 Å². The Hall–Kier alpha value is -1.66. The number of aromatic nitrogens is 1. The van der Waals surface area contributed by atoms with Gasteiger partial charge < -0.3 is 10.6 Å². The quantitative estimate of drug-likeness (QED) is 0.614. The number of carbonyl (C=O) groups excluding carboxylic acids is 1. The minimum absolute atomic E-state index is 0.0775. The minimum Gasteiger partial charge on any atom is -0.333 e. The molecule has 0 spiro atoms. The van der Waals surface area contributed by atoms with Crippen LogP contribution in [0.3, 0.4) is 0 Å². The second-order valence-electron chi connectivity index (χ2n) is 4.54. The molecular weight excluding hydrogens is 230 g/mol. The fraction of sp³-hybridized carbons (Fsp3) is 0.500. The van der Waals surface area contributed by atoms with E-state index in [1.165, 1.54) is 0 Å². The van der Waals surface area contributed by atoms with Crippen molar-refractivity contribution in [2.24, 2.45) is 0 Å². The summed E-state index contributed by atoms with van der Waals surface area (Å²) in [5.41, 5.74) is 7.03. The van der Waals surface area contributed by atoms with Gasteiger partial charge in [0.25, 0.3) is 0 Å². The maximum absolute atomic E-state index is 11.8. The first-order valence-corrected chi connectivity index (χ1v) is 6.12. The number of nitrogens with zero attached hydrogens (tertiary/aromatic N) is 1. The number of carbonyl (C=O) groups is 1. The van der Waals surface area contributed by atoms with Crippen LogP contribution in [0.4, 0.5) is 4.79 Å². The van der Waals surface area contributed by atoms with Gasteiger partial charge in [-0.1, -0.05) is 6.07 Å². The first-order chi connectivity index (χ1) is 8.66. The van der Waals surface area contributed by atoms with Crippen LogP contribution in [-0.4, -0.2) is 29.1 Å². The predicted octanol–water partition coefficient (Wildman–Crippen LogP) is 0.134. The van der Waals surface area contributed by atoms with Crippen molar-refractivity contribution in [3.63, 3.8) is 0 Å². The highest BCUT2D eigenvalue weighted by Crippen LogP contribution is 2.04. The first kappa shape index (κ1) is 12.8.